The molecule has 5 N–H and O–H groups in total. The maximum atomic E-state index is 12.3. The predicted molar refractivity (Wildman–Crippen MR) is 75.1 cm³/mol. The van der Waals surface area contributed by atoms with Gasteiger partial charge in [0.25, 0.3) is 0 Å². The topological polar surface area (TPSA) is 138 Å². The van der Waals surface area contributed by atoms with Crippen molar-refractivity contribution in [3.05, 3.63) is 41.7 Å². The average molecular weight is 310 g/mol. The zero-order chi connectivity index (χ0) is 15.6. The minimum atomic E-state index is -4.01. The number of H-pyrrole nitrogens is 1. The van der Waals surface area contributed by atoms with Crippen LogP contribution >= 0.6 is 0 Å². The maximum absolute atomic E-state index is 12.3. The number of carbonyl (C=O) groups is 1. The predicted octanol–water partition coefficient (Wildman–Crippen LogP) is 0.730. The second-order valence-electron chi connectivity index (χ2n) is 4.44. The van der Waals surface area contributed by atoms with Crippen LogP contribution in [0.5, 0.6) is 0 Å². The van der Waals surface area contributed by atoms with Gasteiger partial charge < -0.3 is 10.8 Å². The van der Waals surface area contributed by atoms with Crippen molar-refractivity contribution in [1.82, 2.24) is 14.9 Å². The largest absolute Gasteiger partial charge is 0.478 e. The Balaban J connectivity index is 2.38. The summed E-state index contributed by atoms with van der Waals surface area (Å²) in [7, 11) is -4.01. The van der Waals surface area contributed by atoms with Crippen LogP contribution in [0.25, 0.3) is 0 Å². The first kappa shape index (κ1) is 15.0. The number of carboxylic acids is 1. The molecule has 1 aromatic carbocycles. The fraction of sp³-hybridized carbons (Fsp3) is 0.167. The second-order valence-corrected chi connectivity index (χ2v) is 6.12. The number of hydrogen-bond acceptors (Lipinski definition) is 5. The first-order valence-electron chi connectivity index (χ1n) is 5.95. The summed E-state index contributed by atoms with van der Waals surface area (Å²) < 4.78 is 27.1. The van der Waals surface area contributed by atoms with E-state index in [0.29, 0.717) is 5.56 Å². The van der Waals surface area contributed by atoms with Crippen LogP contribution in [0.3, 0.4) is 0 Å². The molecule has 0 bridgehead atoms. The van der Waals surface area contributed by atoms with Gasteiger partial charge in [-0.25, -0.2) is 17.9 Å². The van der Waals surface area contributed by atoms with Gasteiger partial charge in [-0.2, -0.15) is 5.10 Å². The molecule has 0 saturated carbocycles. The molecule has 0 aliphatic heterocycles. The molecule has 0 spiro atoms. The number of nitrogens with two attached hydrogens (primary N) is 1. The third-order valence-corrected chi connectivity index (χ3v) is 4.47. The molecule has 0 fully saturated rings. The van der Waals surface area contributed by atoms with Crippen molar-refractivity contribution in [3.8, 4) is 0 Å². The molecular formula is C12H14N4O4S. The SMILES string of the molecule is CC(NS(=O)(=O)c1ccc(N)cc1C(=O)O)c1cn[nH]c1. The number of aromatic nitrogens is 2. The van der Waals surface area contributed by atoms with E-state index in [1.807, 2.05) is 0 Å². The third-order valence-electron chi connectivity index (χ3n) is 2.87. The van der Waals surface area contributed by atoms with E-state index >= 15 is 0 Å². The quantitative estimate of drug-likeness (QED) is 0.600. The summed E-state index contributed by atoms with van der Waals surface area (Å²) >= 11 is 0. The summed E-state index contributed by atoms with van der Waals surface area (Å²) in [5, 5.41) is 15.4. The van der Waals surface area contributed by atoms with Crippen molar-refractivity contribution in [2.45, 2.75) is 17.9 Å². The number of sulfonamides is 1. The highest BCUT2D eigenvalue weighted by atomic mass is 32.2. The summed E-state index contributed by atoms with van der Waals surface area (Å²) in [6.07, 6.45) is 3.03. The standard InChI is InChI=1S/C12H14N4O4S/c1-7(8-5-14-15-6-8)16-21(19,20)11-3-2-9(13)4-10(11)12(17)18/h2-7,16H,13H2,1H3,(H,14,15)(H,17,18). The fourth-order valence-corrected chi connectivity index (χ4v) is 3.22. The van der Waals surface area contributed by atoms with Gasteiger partial charge in [0.05, 0.1) is 16.7 Å². The number of nitrogen functional groups attached to an aromatic ring is 1. The summed E-state index contributed by atoms with van der Waals surface area (Å²) in [5.74, 6) is -1.36. The zero-order valence-electron chi connectivity index (χ0n) is 11.1. The number of carboxylic acid groups (broad SMARTS) is 1. The van der Waals surface area contributed by atoms with Crippen LogP contribution in [0, 0.1) is 0 Å². The van der Waals surface area contributed by atoms with Crippen molar-refractivity contribution in [2.24, 2.45) is 0 Å². The molecule has 9 heteroatoms. The Hall–Kier alpha value is -2.39. The van der Waals surface area contributed by atoms with E-state index in [4.69, 9.17) is 10.8 Å². The van der Waals surface area contributed by atoms with E-state index in [-0.39, 0.29) is 16.1 Å². The Bertz CT molecular complexity index is 756. The van der Waals surface area contributed by atoms with Crippen LogP contribution in [0.2, 0.25) is 0 Å². The van der Waals surface area contributed by atoms with Crippen LogP contribution < -0.4 is 10.5 Å². The van der Waals surface area contributed by atoms with E-state index in [9.17, 15) is 13.2 Å². The van der Waals surface area contributed by atoms with Gasteiger partial charge in [0.1, 0.15) is 0 Å². The molecule has 2 aromatic rings. The summed E-state index contributed by atoms with van der Waals surface area (Å²) in [6, 6.07) is 3.06. The summed E-state index contributed by atoms with van der Waals surface area (Å²) in [6.45, 7) is 1.63. The molecule has 0 amide bonds. The highest BCUT2D eigenvalue weighted by Gasteiger charge is 2.24. The number of hydrogen-bond donors (Lipinski definition) is 4. The number of nitrogens with one attached hydrogen (secondary N) is 2. The number of aromatic carboxylic acids is 1. The van der Waals surface area contributed by atoms with Crippen LogP contribution in [-0.2, 0) is 10.0 Å². The van der Waals surface area contributed by atoms with Gasteiger partial charge in [0, 0.05) is 23.5 Å². The van der Waals surface area contributed by atoms with Crippen LogP contribution in [0.15, 0.2) is 35.5 Å². The minimum absolute atomic E-state index is 0.175. The number of nitrogens with zero attached hydrogens (tertiary/aromatic N) is 1. The molecule has 1 aromatic heterocycles. The van der Waals surface area contributed by atoms with Crippen molar-refractivity contribution >= 4 is 21.7 Å². The summed E-state index contributed by atoms with van der Waals surface area (Å²) in [5.41, 5.74) is 5.93. The second kappa shape index (κ2) is 5.54. The lowest BCUT2D eigenvalue weighted by atomic mass is 10.2. The van der Waals surface area contributed by atoms with Crippen molar-refractivity contribution in [1.29, 1.82) is 0 Å². The van der Waals surface area contributed by atoms with E-state index in [1.165, 1.54) is 18.3 Å². The lowest BCUT2D eigenvalue weighted by Crippen LogP contribution is -2.28. The molecule has 2 rings (SSSR count). The highest BCUT2D eigenvalue weighted by molar-refractivity contribution is 7.89. The summed E-state index contributed by atoms with van der Waals surface area (Å²) in [4.78, 5) is 10.8. The first-order valence-corrected chi connectivity index (χ1v) is 7.43. The Kier molecular flexibility index (Phi) is 3.96. The highest BCUT2D eigenvalue weighted by Crippen LogP contribution is 2.21. The van der Waals surface area contributed by atoms with Gasteiger partial charge in [0.2, 0.25) is 10.0 Å². The van der Waals surface area contributed by atoms with Gasteiger partial charge >= 0.3 is 5.97 Å². The lowest BCUT2D eigenvalue weighted by molar-refractivity contribution is 0.0692. The van der Waals surface area contributed by atoms with Gasteiger partial charge in [-0.05, 0) is 25.1 Å². The number of anilines is 1. The Morgan fingerprint density at radius 3 is 2.76 bits per heavy atom. The Labute approximate surface area is 121 Å². The van der Waals surface area contributed by atoms with Crippen LogP contribution in [-0.4, -0.2) is 29.7 Å². The van der Waals surface area contributed by atoms with E-state index in [0.717, 1.165) is 6.07 Å². The fourth-order valence-electron chi connectivity index (χ4n) is 1.81. The minimum Gasteiger partial charge on any atom is -0.478 e. The number of rotatable bonds is 5. The molecule has 8 nitrogen and oxygen atoms in total. The first-order chi connectivity index (χ1) is 9.81. The number of benzene rings is 1. The smallest absolute Gasteiger partial charge is 0.337 e. The van der Waals surface area contributed by atoms with E-state index < -0.39 is 22.0 Å². The van der Waals surface area contributed by atoms with Crippen molar-refractivity contribution < 1.29 is 18.3 Å². The van der Waals surface area contributed by atoms with Crippen LogP contribution in [0.1, 0.15) is 28.9 Å². The number of aromatic amines is 1. The van der Waals surface area contributed by atoms with E-state index in [2.05, 4.69) is 14.9 Å². The normalized spacial score (nSPS) is 13.0. The van der Waals surface area contributed by atoms with Crippen molar-refractivity contribution in [3.63, 3.8) is 0 Å². The van der Waals surface area contributed by atoms with E-state index in [1.54, 1.807) is 13.1 Å². The molecule has 21 heavy (non-hydrogen) atoms. The molecular weight excluding hydrogens is 296 g/mol. The molecule has 0 saturated heterocycles. The Morgan fingerprint density at radius 1 is 1.48 bits per heavy atom. The molecule has 0 radical (unpaired) electrons. The average Bonchev–Trinajstić information content (AvgIpc) is 2.91. The molecule has 1 heterocycles. The molecule has 1 unspecified atom stereocenters. The monoisotopic (exact) mass is 310 g/mol. The zero-order valence-corrected chi connectivity index (χ0v) is 11.9. The van der Waals surface area contributed by atoms with Gasteiger partial charge in [-0.3, -0.25) is 5.10 Å². The molecule has 0 aliphatic carbocycles. The molecule has 1 atom stereocenters. The van der Waals surface area contributed by atoms with Gasteiger partial charge in [-0.15, -0.1) is 0 Å². The van der Waals surface area contributed by atoms with Gasteiger partial charge in [-0.1, -0.05) is 0 Å². The maximum Gasteiger partial charge on any atom is 0.337 e. The molecule has 0 aliphatic rings. The van der Waals surface area contributed by atoms with Crippen molar-refractivity contribution in [2.75, 3.05) is 5.73 Å². The Morgan fingerprint density at radius 2 is 2.19 bits per heavy atom. The van der Waals surface area contributed by atoms with Gasteiger partial charge in [0.15, 0.2) is 0 Å². The lowest BCUT2D eigenvalue weighted by Gasteiger charge is -2.14. The molecule has 112 valence electrons. The van der Waals surface area contributed by atoms with Crippen LogP contribution in [0.4, 0.5) is 5.69 Å². The third kappa shape index (κ3) is 3.20.